The van der Waals surface area contributed by atoms with Gasteiger partial charge in [0.15, 0.2) is 0 Å². The van der Waals surface area contributed by atoms with E-state index in [2.05, 4.69) is 12.0 Å². The summed E-state index contributed by atoms with van der Waals surface area (Å²) in [5, 5.41) is 4.53. The number of hydrogen-bond acceptors (Lipinski definition) is 4. The lowest BCUT2D eigenvalue weighted by Crippen LogP contribution is -2.44. The van der Waals surface area contributed by atoms with Crippen LogP contribution >= 0.6 is 0 Å². The number of likely N-dealkylation sites (tertiary alicyclic amines) is 1. The maximum Gasteiger partial charge on any atom is 0.410 e. The smallest absolute Gasteiger partial charge is 0.410 e. The number of hydrogen-bond donors (Lipinski definition) is 0. The summed E-state index contributed by atoms with van der Waals surface area (Å²) < 4.78 is 7.20. The molecule has 0 aliphatic carbocycles. The van der Waals surface area contributed by atoms with Crippen LogP contribution in [0.1, 0.15) is 52.3 Å². The Morgan fingerprint density at radius 1 is 1.32 bits per heavy atom. The maximum absolute atomic E-state index is 12.6. The van der Waals surface area contributed by atoms with Crippen LogP contribution in [0.2, 0.25) is 0 Å². The van der Waals surface area contributed by atoms with Crippen LogP contribution in [0.4, 0.5) is 4.79 Å². The van der Waals surface area contributed by atoms with Crippen molar-refractivity contribution in [3.05, 3.63) is 18.0 Å². The number of likely N-dealkylation sites (N-methyl/N-ethyl adjacent to an activating group) is 1. The fraction of sp³-hybridized carbons (Fsp3) is 0.722. The van der Waals surface area contributed by atoms with Crippen molar-refractivity contribution in [3.8, 4) is 0 Å². The largest absolute Gasteiger partial charge is 0.444 e. The SMILES string of the molecule is CC1CCC(c2ccn(CC(=O)N(C)C)n2)N(C(=O)OC(C)(C)C)C1. The van der Waals surface area contributed by atoms with Crippen molar-refractivity contribution in [1.82, 2.24) is 19.6 Å². The molecule has 0 radical (unpaired) electrons. The number of amides is 2. The average Bonchev–Trinajstić information content (AvgIpc) is 2.93. The van der Waals surface area contributed by atoms with Crippen molar-refractivity contribution < 1.29 is 14.3 Å². The zero-order chi connectivity index (χ0) is 18.8. The Bertz CT molecular complexity index is 618. The van der Waals surface area contributed by atoms with Crippen LogP contribution in [0.15, 0.2) is 12.3 Å². The molecule has 2 atom stereocenters. The summed E-state index contributed by atoms with van der Waals surface area (Å²) in [6.07, 6.45) is 3.37. The topological polar surface area (TPSA) is 67.7 Å². The minimum atomic E-state index is -0.528. The Morgan fingerprint density at radius 3 is 2.60 bits per heavy atom. The van der Waals surface area contributed by atoms with E-state index in [0.717, 1.165) is 18.5 Å². The summed E-state index contributed by atoms with van der Waals surface area (Å²) in [6.45, 7) is 8.60. The Labute approximate surface area is 149 Å². The van der Waals surface area contributed by atoms with Gasteiger partial charge in [-0.3, -0.25) is 14.4 Å². The number of rotatable bonds is 3. The average molecular weight is 350 g/mol. The van der Waals surface area contributed by atoms with Crippen LogP contribution < -0.4 is 0 Å². The minimum Gasteiger partial charge on any atom is -0.444 e. The van der Waals surface area contributed by atoms with Gasteiger partial charge in [-0.25, -0.2) is 4.79 Å². The van der Waals surface area contributed by atoms with Gasteiger partial charge in [0, 0.05) is 26.8 Å². The molecule has 0 saturated carbocycles. The van der Waals surface area contributed by atoms with Crippen LogP contribution in [0.5, 0.6) is 0 Å². The van der Waals surface area contributed by atoms with E-state index >= 15 is 0 Å². The first-order valence-corrected chi connectivity index (χ1v) is 8.80. The highest BCUT2D eigenvalue weighted by Gasteiger charge is 2.35. The maximum atomic E-state index is 12.6. The van der Waals surface area contributed by atoms with Crippen LogP contribution in [0.3, 0.4) is 0 Å². The first-order valence-electron chi connectivity index (χ1n) is 8.80. The molecule has 1 aromatic heterocycles. The molecule has 2 heterocycles. The normalized spacial score (nSPS) is 21.1. The van der Waals surface area contributed by atoms with Gasteiger partial charge >= 0.3 is 6.09 Å². The highest BCUT2D eigenvalue weighted by Crippen LogP contribution is 2.33. The second kappa shape index (κ2) is 7.45. The lowest BCUT2D eigenvalue weighted by atomic mass is 9.93. The van der Waals surface area contributed by atoms with Crippen molar-refractivity contribution in [3.63, 3.8) is 0 Å². The van der Waals surface area contributed by atoms with Gasteiger partial charge in [0.1, 0.15) is 12.1 Å². The number of piperidine rings is 1. The highest BCUT2D eigenvalue weighted by atomic mass is 16.6. The molecule has 1 saturated heterocycles. The Morgan fingerprint density at radius 2 is 2.00 bits per heavy atom. The van der Waals surface area contributed by atoms with Crippen LogP contribution in [0.25, 0.3) is 0 Å². The lowest BCUT2D eigenvalue weighted by molar-refractivity contribution is -0.129. The lowest BCUT2D eigenvalue weighted by Gasteiger charge is -2.38. The zero-order valence-electron chi connectivity index (χ0n) is 16.2. The van der Waals surface area contributed by atoms with Gasteiger partial charge in [-0.05, 0) is 45.6 Å². The van der Waals surface area contributed by atoms with Crippen molar-refractivity contribution in [2.75, 3.05) is 20.6 Å². The van der Waals surface area contributed by atoms with E-state index in [0.29, 0.717) is 12.5 Å². The molecule has 0 bridgehead atoms. The monoisotopic (exact) mass is 350 g/mol. The molecule has 7 nitrogen and oxygen atoms in total. The molecule has 1 aliphatic heterocycles. The molecule has 2 unspecified atom stereocenters. The molecule has 1 aromatic rings. The number of ether oxygens (including phenoxy) is 1. The third-order valence-electron chi connectivity index (χ3n) is 4.24. The van der Waals surface area contributed by atoms with Crippen LogP contribution in [-0.2, 0) is 16.1 Å². The standard InChI is InChI=1S/C18H30N4O3/c1-13-7-8-15(22(11-13)17(24)25-18(2,3)4)14-9-10-21(19-14)12-16(23)20(5)6/h9-10,13,15H,7-8,11-12H2,1-6H3. The summed E-state index contributed by atoms with van der Waals surface area (Å²) in [7, 11) is 3.44. The molecular weight excluding hydrogens is 320 g/mol. The fourth-order valence-corrected chi connectivity index (χ4v) is 2.91. The van der Waals surface area contributed by atoms with E-state index in [1.807, 2.05) is 26.8 Å². The van der Waals surface area contributed by atoms with Gasteiger partial charge in [-0.2, -0.15) is 5.10 Å². The van der Waals surface area contributed by atoms with Gasteiger partial charge in [0.25, 0.3) is 0 Å². The first-order chi connectivity index (χ1) is 11.6. The first kappa shape index (κ1) is 19.3. The number of carbonyl (C=O) groups is 2. The van der Waals surface area contributed by atoms with Crippen molar-refractivity contribution >= 4 is 12.0 Å². The van der Waals surface area contributed by atoms with Gasteiger partial charge in [0.2, 0.25) is 5.91 Å². The molecule has 0 spiro atoms. The summed E-state index contributed by atoms with van der Waals surface area (Å²) in [5.74, 6) is 0.414. The van der Waals surface area contributed by atoms with Crippen molar-refractivity contribution in [1.29, 1.82) is 0 Å². The number of nitrogens with zero attached hydrogens (tertiary/aromatic N) is 4. The molecule has 2 amide bonds. The number of carbonyl (C=O) groups excluding carboxylic acids is 2. The van der Waals surface area contributed by atoms with Gasteiger partial charge in [-0.1, -0.05) is 6.92 Å². The summed E-state index contributed by atoms with van der Waals surface area (Å²) >= 11 is 0. The molecule has 0 N–H and O–H groups in total. The highest BCUT2D eigenvalue weighted by molar-refractivity contribution is 5.75. The zero-order valence-corrected chi connectivity index (χ0v) is 16.2. The van der Waals surface area contributed by atoms with Crippen LogP contribution in [0, 0.1) is 5.92 Å². The van der Waals surface area contributed by atoms with E-state index in [-0.39, 0.29) is 24.6 Å². The summed E-state index contributed by atoms with van der Waals surface area (Å²) in [6, 6.07) is 1.78. The van der Waals surface area contributed by atoms with Gasteiger partial charge < -0.3 is 9.64 Å². The predicted molar refractivity (Wildman–Crippen MR) is 95.0 cm³/mol. The van der Waals surface area contributed by atoms with E-state index in [9.17, 15) is 9.59 Å². The second-order valence-corrected chi connectivity index (χ2v) is 8.06. The van der Waals surface area contributed by atoms with E-state index in [4.69, 9.17) is 4.74 Å². The molecule has 25 heavy (non-hydrogen) atoms. The van der Waals surface area contributed by atoms with Crippen LogP contribution in [-0.4, -0.2) is 57.8 Å². The summed E-state index contributed by atoms with van der Waals surface area (Å²) in [5.41, 5.74) is 0.282. The minimum absolute atomic E-state index is 0.0177. The molecular formula is C18H30N4O3. The second-order valence-electron chi connectivity index (χ2n) is 8.06. The molecule has 140 valence electrons. The Balaban J connectivity index is 2.16. The summed E-state index contributed by atoms with van der Waals surface area (Å²) in [4.78, 5) is 27.8. The molecule has 2 rings (SSSR count). The third-order valence-corrected chi connectivity index (χ3v) is 4.24. The third kappa shape index (κ3) is 5.21. The van der Waals surface area contributed by atoms with Crippen molar-refractivity contribution in [2.45, 2.75) is 58.7 Å². The van der Waals surface area contributed by atoms with E-state index in [1.165, 1.54) is 4.90 Å². The predicted octanol–water partition coefficient (Wildman–Crippen LogP) is 2.68. The molecule has 7 heteroatoms. The Kier molecular flexibility index (Phi) is 5.75. The van der Waals surface area contributed by atoms with Crippen molar-refractivity contribution in [2.24, 2.45) is 5.92 Å². The van der Waals surface area contributed by atoms with E-state index < -0.39 is 5.60 Å². The Hall–Kier alpha value is -2.05. The molecule has 1 fully saturated rings. The number of aromatic nitrogens is 2. The van der Waals surface area contributed by atoms with Gasteiger partial charge in [-0.15, -0.1) is 0 Å². The molecule has 0 aromatic carbocycles. The van der Waals surface area contributed by atoms with Gasteiger partial charge in [0.05, 0.1) is 11.7 Å². The fourth-order valence-electron chi connectivity index (χ4n) is 2.91. The van der Waals surface area contributed by atoms with E-state index in [1.54, 1.807) is 29.9 Å². The molecule has 1 aliphatic rings. The quantitative estimate of drug-likeness (QED) is 0.840.